The average Bonchev–Trinajstić information content (AvgIpc) is 1.68. The van der Waals surface area contributed by atoms with Crippen LogP contribution in [-0.2, 0) is 0 Å². The lowest BCUT2D eigenvalue weighted by atomic mass is 10.3. The third-order valence-electron chi connectivity index (χ3n) is 0.876. The van der Waals surface area contributed by atoms with E-state index >= 15 is 0 Å². The van der Waals surface area contributed by atoms with Gasteiger partial charge in [0.15, 0.2) is 0 Å². The summed E-state index contributed by atoms with van der Waals surface area (Å²) >= 11 is 1.73. The zero-order valence-corrected chi connectivity index (χ0v) is 5.79. The maximum atomic E-state index is 5.55. The van der Waals surface area contributed by atoms with Crippen LogP contribution in [-0.4, -0.2) is 11.6 Å². The standard InChI is InChI=1S/C5H13NS/c1-3-4-5(6)7-2/h5H,3-4,6H2,1-2H3/t5-/m1/s1. The molecule has 7 heavy (non-hydrogen) atoms. The fraction of sp³-hybridized carbons (Fsp3) is 1.00. The van der Waals surface area contributed by atoms with Gasteiger partial charge in [-0.1, -0.05) is 13.3 Å². The van der Waals surface area contributed by atoms with Crippen LogP contribution in [0.25, 0.3) is 0 Å². The highest BCUT2D eigenvalue weighted by atomic mass is 32.2. The molecule has 0 aliphatic carbocycles. The van der Waals surface area contributed by atoms with Crippen LogP contribution < -0.4 is 5.73 Å². The Balaban J connectivity index is 2.83. The van der Waals surface area contributed by atoms with Crippen LogP contribution in [0.3, 0.4) is 0 Å². The van der Waals surface area contributed by atoms with Crippen LogP contribution >= 0.6 is 11.8 Å². The minimum absolute atomic E-state index is 0.366. The fourth-order valence-corrected chi connectivity index (χ4v) is 0.874. The van der Waals surface area contributed by atoms with Crippen LogP contribution in [0.5, 0.6) is 0 Å². The number of hydrogen-bond acceptors (Lipinski definition) is 2. The highest BCUT2D eigenvalue weighted by Gasteiger charge is 1.93. The van der Waals surface area contributed by atoms with Crippen molar-refractivity contribution in [1.82, 2.24) is 0 Å². The van der Waals surface area contributed by atoms with Gasteiger partial charge in [-0.2, -0.15) is 0 Å². The van der Waals surface area contributed by atoms with E-state index in [2.05, 4.69) is 6.92 Å². The normalized spacial score (nSPS) is 14.1. The molecule has 0 amide bonds. The third kappa shape index (κ3) is 4.16. The summed E-state index contributed by atoms with van der Waals surface area (Å²) in [4.78, 5) is 0. The first-order valence-electron chi connectivity index (χ1n) is 2.59. The van der Waals surface area contributed by atoms with E-state index in [0.29, 0.717) is 5.37 Å². The predicted molar refractivity (Wildman–Crippen MR) is 36.4 cm³/mol. The van der Waals surface area contributed by atoms with E-state index in [9.17, 15) is 0 Å². The van der Waals surface area contributed by atoms with Crippen LogP contribution in [0.4, 0.5) is 0 Å². The molecule has 0 aliphatic rings. The fourth-order valence-electron chi connectivity index (χ4n) is 0.402. The summed E-state index contributed by atoms with van der Waals surface area (Å²) in [7, 11) is 0. The van der Waals surface area contributed by atoms with Crippen molar-refractivity contribution in [2.75, 3.05) is 6.26 Å². The van der Waals surface area contributed by atoms with Gasteiger partial charge in [0.05, 0.1) is 5.37 Å². The molecule has 0 aromatic carbocycles. The molecule has 0 saturated heterocycles. The van der Waals surface area contributed by atoms with Crippen molar-refractivity contribution in [1.29, 1.82) is 0 Å². The molecule has 1 nitrogen and oxygen atoms in total. The van der Waals surface area contributed by atoms with Crippen LogP contribution in [0, 0.1) is 0 Å². The van der Waals surface area contributed by atoms with Crippen molar-refractivity contribution < 1.29 is 0 Å². The SMILES string of the molecule is CCC[C@H](N)SC. The van der Waals surface area contributed by atoms with Gasteiger partial charge in [-0.25, -0.2) is 0 Å². The maximum absolute atomic E-state index is 5.55. The minimum Gasteiger partial charge on any atom is -0.319 e. The second kappa shape index (κ2) is 4.47. The van der Waals surface area contributed by atoms with Gasteiger partial charge in [-0.15, -0.1) is 11.8 Å². The monoisotopic (exact) mass is 119 g/mol. The first-order valence-corrected chi connectivity index (χ1v) is 3.88. The molecule has 1 atom stereocenters. The Kier molecular flexibility index (Phi) is 4.67. The molecular formula is C5H13NS. The molecular weight excluding hydrogens is 106 g/mol. The van der Waals surface area contributed by atoms with Crippen molar-refractivity contribution in [3.63, 3.8) is 0 Å². The highest BCUT2D eigenvalue weighted by Crippen LogP contribution is 2.04. The molecule has 0 heterocycles. The Morgan fingerprint density at radius 1 is 1.71 bits per heavy atom. The molecule has 0 saturated carbocycles. The summed E-state index contributed by atoms with van der Waals surface area (Å²) in [6.07, 6.45) is 4.38. The molecule has 0 unspecified atom stereocenters. The van der Waals surface area contributed by atoms with Crippen LogP contribution in [0.2, 0.25) is 0 Å². The highest BCUT2D eigenvalue weighted by molar-refractivity contribution is 7.99. The van der Waals surface area contributed by atoms with Gasteiger partial charge in [-0.05, 0) is 12.7 Å². The van der Waals surface area contributed by atoms with E-state index in [1.807, 2.05) is 6.26 Å². The van der Waals surface area contributed by atoms with Gasteiger partial charge < -0.3 is 5.73 Å². The Bertz CT molecular complexity index is 39.1. The van der Waals surface area contributed by atoms with E-state index in [4.69, 9.17) is 5.73 Å². The first-order chi connectivity index (χ1) is 3.31. The van der Waals surface area contributed by atoms with E-state index in [1.54, 1.807) is 11.8 Å². The lowest BCUT2D eigenvalue weighted by Gasteiger charge is -2.02. The number of hydrogen-bond donors (Lipinski definition) is 1. The van der Waals surface area contributed by atoms with Gasteiger partial charge in [0.1, 0.15) is 0 Å². The van der Waals surface area contributed by atoms with Crippen molar-refractivity contribution in [3.8, 4) is 0 Å². The Hall–Kier alpha value is 0.310. The molecule has 0 fully saturated rings. The lowest BCUT2D eigenvalue weighted by molar-refractivity contribution is 0.766. The van der Waals surface area contributed by atoms with Gasteiger partial charge in [0.25, 0.3) is 0 Å². The topological polar surface area (TPSA) is 26.0 Å². The van der Waals surface area contributed by atoms with Crippen molar-refractivity contribution >= 4 is 11.8 Å². The first kappa shape index (κ1) is 7.31. The average molecular weight is 119 g/mol. The Labute approximate surface area is 49.7 Å². The van der Waals surface area contributed by atoms with Crippen LogP contribution in [0.15, 0.2) is 0 Å². The largest absolute Gasteiger partial charge is 0.319 e. The third-order valence-corrected chi connectivity index (χ3v) is 1.72. The zero-order chi connectivity index (χ0) is 5.70. The summed E-state index contributed by atoms with van der Waals surface area (Å²) < 4.78 is 0. The summed E-state index contributed by atoms with van der Waals surface area (Å²) in [5.41, 5.74) is 5.55. The molecule has 2 heteroatoms. The molecule has 2 N–H and O–H groups in total. The minimum atomic E-state index is 0.366. The molecule has 0 radical (unpaired) electrons. The number of nitrogens with two attached hydrogens (primary N) is 1. The predicted octanol–water partition coefficient (Wildman–Crippen LogP) is 1.43. The maximum Gasteiger partial charge on any atom is 0.0504 e. The van der Waals surface area contributed by atoms with E-state index in [0.717, 1.165) is 6.42 Å². The number of thioether (sulfide) groups is 1. The molecule has 0 aliphatic heterocycles. The molecule has 0 aromatic rings. The van der Waals surface area contributed by atoms with E-state index < -0.39 is 0 Å². The smallest absolute Gasteiger partial charge is 0.0504 e. The summed E-state index contributed by atoms with van der Waals surface area (Å²) in [5.74, 6) is 0. The molecule has 0 spiro atoms. The zero-order valence-electron chi connectivity index (χ0n) is 4.98. The number of rotatable bonds is 3. The Morgan fingerprint density at radius 3 is 2.43 bits per heavy atom. The summed E-state index contributed by atoms with van der Waals surface area (Å²) in [6, 6.07) is 0. The Morgan fingerprint density at radius 2 is 2.29 bits per heavy atom. The molecule has 0 aromatic heterocycles. The quantitative estimate of drug-likeness (QED) is 0.569. The van der Waals surface area contributed by atoms with Gasteiger partial charge in [-0.3, -0.25) is 0 Å². The summed E-state index contributed by atoms with van der Waals surface area (Å²) in [5, 5.41) is 0.366. The second-order valence-electron chi connectivity index (χ2n) is 1.56. The van der Waals surface area contributed by atoms with Crippen LogP contribution in [0.1, 0.15) is 19.8 Å². The van der Waals surface area contributed by atoms with Gasteiger partial charge in [0.2, 0.25) is 0 Å². The second-order valence-corrected chi connectivity index (χ2v) is 2.64. The summed E-state index contributed by atoms with van der Waals surface area (Å²) in [6.45, 7) is 2.15. The molecule has 44 valence electrons. The molecule has 0 rings (SSSR count). The van der Waals surface area contributed by atoms with Gasteiger partial charge >= 0.3 is 0 Å². The molecule has 0 bridgehead atoms. The van der Waals surface area contributed by atoms with Crippen molar-refractivity contribution in [2.24, 2.45) is 5.73 Å². The van der Waals surface area contributed by atoms with E-state index in [-0.39, 0.29) is 0 Å². The van der Waals surface area contributed by atoms with E-state index in [1.165, 1.54) is 6.42 Å². The van der Waals surface area contributed by atoms with Gasteiger partial charge in [0, 0.05) is 0 Å². The van der Waals surface area contributed by atoms with Crippen molar-refractivity contribution in [2.45, 2.75) is 25.1 Å². The lowest BCUT2D eigenvalue weighted by Crippen LogP contribution is -2.13. The van der Waals surface area contributed by atoms with Crippen molar-refractivity contribution in [3.05, 3.63) is 0 Å².